The summed E-state index contributed by atoms with van der Waals surface area (Å²) < 4.78 is 6.57. The SMILES string of the molecule is Cc1cc(Cl)ccc1Oc1ccncc1Br. The average Bonchev–Trinajstić information content (AvgIpc) is 2.25. The van der Waals surface area contributed by atoms with Gasteiger partial charge in [-0.15, -0.1) is 0 Å². The van der Waals surface area contributed by atoms with Crippen molar-refractivity contribution in [1.29, 1.82) is 0 Å². The molecule has 0 spiro atoms. The van der Waals surface area contributed by atoms with Gasteiger partial charge < -0.3 is 4.74 Å². The predicted octanol–water partition coefficient (Wildman–Crippen LogP) is 4.60. The highest BCUT2D eigenvalue weighted by molar-refractivity contribution is 9.10. The molecular weight excluding hydrogens is 289 g/mol. The van der Waals surface area contributed by atoms with Gasteiger partial charge in [0, 0.05) is 23.5 Å². The minimum Gasteiger partial charge on any atom is -0.456 e. The van der Waals surface area contributed by atoms with Crippen LogP contribution in [0.2, 0.25) is 5.02 Å². The van der Waals surface area contributed by atoms with E-state index in [1.54, 1.807) is 24.5 Å². The van der Waals surface area contributed by atoms with E-state index in [-0.39, 0.29) is 0 Å². The van der Waals surface area contributed by atoms with Crippen LogP contribution in [0, 0.1) is 6.92 Å². The summed E-state index contributed by atoms with van der Waals surface area (Å²) in [7, 11) is 0. The molecule has 16 heavy (non-hydrogen) atoms. The fourth-order valence-corrected chi connectivity index (χ4v) is 1.85. The maximum Gasteiger partial charge on any atom is 0.144 e. The first-order valence-corrected chi connectivity index (χ1v) is 5.87. The number of rotatable bonds is 2. The lowest BCUT2D eigenvalue weighted by atomic mass is 10.2. The van der Waals surface area contributed by atoms with E-state index in [1.807, 2.05) is 19.1 Å². The molecule has 0 N–H and O–H groups in total. The number of aromatic nitrogens is 1. The van der Waals surface area contributed by atoms with Crippen LogP contribution in [-0.4, -0.2) is 4.98 Å². The molecule has 0 fully saturated rings. The quantitative estimate of drug-likeness (QED) is 0.808. The van der Waals surface area contributed by atoms with E-state index in [2.05, 4.69) is 20.9 Å². The molecule has 2 nitrogen and oxygen atoms in total. The van der Waals surface area contributed by atoms with Crippen LogP contribution in [0.15, 0.2) is 41.1 Å². The highest BCUT2D eigenvalue weighted by atomic mass is 79.9. The van der Waals surface area contributed by atoms with Crippen LogP contribution in [-0.2, 0) is 0 Å². The summed E-state index contributed by atoms with van der Waals surface area (Å²) in [5.74, 6) is 1.52. The highest BCUT2D eigenvalue weighted by Gasteiger charge is 2.05. The summed E-state index contributed by atoms with van der Waals surface area (Å²) in [6.45, 7) is 1.95. The van der Waals surface area contributed by atoms with Gasteiger partial charge in [0.05, 0.1) is 4.47 Å². The van der Waals surface area contributed by atoms with E-state index in [1.165, 1.54) is 0 Å². The number of hydrogen-bond acceptors (Lipinski definition) is 2. The lowest BCUT2D eigenvalue weighted by molar-refractivity contribution is 0.475. The van der Waals surface area contributed by atoms with Crippen LogP contribution in [0.3, 0.4) is 0 Å². The van der Waals surface area contributed by atoms with Crippen LogP contribution in [0.4, 0.5) is 0 Å². The van der Waals surface area contributed by atoms with Crippen molar-refractivity contribution >= 4 is 27.5 Å². The van der Waals surface area contributed by atoms with Crippen LogP contribution in [0.1, 0.15) is 5.56 Å². The molecule has 1 aromatic carbocycles. The Balaban J connectivity index is 2.31. The summed E-state index contributed by atoms with van der Waals surface area (Å²) in [6, 6.07) is 7.33. The second-order valence-corrected chi connectivity index (χ2v) is 4.61. The van der Waals surface area contributed by atoms with Gasteiger partial charge in [-0.3, -0.25) is 4.98 Å². The van der Waals surface area contributed by atoms with Gasteiger partial charge in [0.25, 0.3) is 0 Å². The third-order valence-corrected chi connectivity index (χ3v) is 2.92. The van der Waals surface area contributed by atoms with Gasteiger partial charge in [-0.1, -0.05) is 11.6 Å². The molecule has 1 aromatic heterocycles. The summed E-state index contributed by atoms with van der Waals surface area (Å²) in [5, 5.41) is 0.707. The van der Waals surface area contributed by atoms with Crippen molar-refractivity contribution in [2.24, 2.45) is 0 Å². The molecule has 2 aromatic rings. The van der Waals surface area contributed by atoms with E-state index in [9.17, 15) is 0 Å². The van der Waals surface area contributed by atoms with Gasteiger partial charge in [-0.2, -0.15) is 0 Å². The molecular formula is C12H9BrClNO. The van der Waals surface area contributed by atoms with Gasteiger partial charge >= 0.3 is 0 Å². The third kappa shape index (κ3) is 2.54. The summed E-state index contributed by atoms with van der Waals surface area (Å²) in [5.41, 5.74) is 0.996. The lowest BCUT2D eigenvalue weighted by Gasteiger charge is -2.09. The molecule has 0 bridgehead atoms. The Morgan fingerprint density at radius 2 is 2.06 bits per heavy atom. The normalized spacial score (nSPS) is 10.2. The Labute approximate surface area is 107 Å². The van der Waals surface area contributed by atoms with Crippen molar-refractivity contribution in [1.82, 2.24) is 4.98 Å². The van der Waals surface area contributed by atoms with Crippen LogP contribution >= 0.6 is 27.5 Å². The molecule has 2 rings (SSSR count). The maximum atomic E-state index is 5.88. The van der Waals surface area contributed by atoms with Gasteiger partial charge in [0.15, 0.2) is 0 Å². The minimum atomic E-state index is 0.707. The maximum absolute atomic E-state index is 5.88. The fraction of sp³-hybridized carbons (Fsp3) is 0.0833. The molecule has 0 atom stereocenters. The number of halogens is 2. The Morgan fingerprint density at radius 3 is 2.75 bits per heavy atom. The largest absolute Gasteiger partial charge is 0.456 e. The summed E-state index contributed by atoms with van der Waals surface area (Å²) in [4.78, 5) is 3.98. The molecule has 0 saturated heterocycles. The van der Waals surface area contributed by atoms with E-state index in [0.29, 0.717) is 5.02 Å². The lowest BCUT2D eigenvalue weighted by Crippen LogP contribution is -1.88. The van der Waals surface area contributed by atoms with Crippen molar-refractivity contribution in [3.8, 4) is 11.5 Å². The van der Waals surface area contributed by atoms with E-state index >= 15 is 0 Å². The number of pyridine rings is 1. The number of nitrogens with zero attached hydrogens (tertiary/aromatic N) is 1. The Kier molecular flexibility index (Phi) is 3.46. The fourth-order valence-electron chi connectivity index (χ4n) is 1.29. The zero-order chi connectivity index (χ0) is 11.5. The van der Waals surface area contributed by atoms with Gasteiger partial charge in [-0.05, 0) is 46.6 Å². The van der Waals surface area contributed by atoms with Crippen LogP contribution < -0.4 is 4.74 Å². The van der Waals surface area contributed by atoms with Gasteiger partial charge in [-0.25, -0.2) is 0 Å². The Bertz CT molecular complexity index is 516. The van der Waals surface area contributed by atoms with Crippen molar-refractivity contribution < 1.29 is 4.74 Å². The number of aryl methyl sites for hydroxylation is 1. The van der Waals surface area contributed by atoms with Crippen molar-refractivity contribution in [2.45, 2.75) is 6.92 Å². The molecule has 0 saturated carbocycles. The standard InChI is InChI=1S/C12H9BrClNO/c1-8-6-9(14)2-3-11(8)16-12-4-5-15-7-10(12)13/h2-7H,1H3. The van der Waals surface area contributed by atoms with Gasteiger partial charge in [0.2, 0.25) is 0 Å². The molecule has 0 unspecified atom stereocenters. The van der Waals surface area contributed by atoms with Crippen LogP contribution in [0.5, 0.6) is 11.5 Å². The molecule has 0 aliphatic rings. The second-order valence-electron chi connectivity index (χ2n) is 3.32. The number of hydrogen-bond donors (Lipinski definition) is 0. The molecule has 0 amide bonds. The molecule has 1 heterocycles. The first kappa shape index (κ1) is 11.4. The first-order valence-electron chi connectivity index (χ1n) is 4.70. The monoisotopic (exact) mass is 297 g/mol. The first-order chi connectivity index (χ1) is 7.66. The molecule has 0 radical (unpaired) electrons. The average molecular weight is 299 g/mol. The minimum absolute atomic E-state index is 0.707. The van der Waals surface area contributed by atoms with E-state index in [0.717, 1.165) is 21.5 Å². The van der Waals surface area contributed by atoms with E-state index < -0.39 is 0 Å². The molecule has 4 heteroatoms. The van der Waals surface area contributed by atoms with Crippen molar-refractivity contribution in [2.75, 3.05) is 0 Å². The number of ether oxygens (including phenoxy) is 1. The molecule has 82 valence electrons. The predicted molar refractivity (Wildman–Crippen MR) is 68.2 cm³/mol. The van der Waals surface area contributed by atoms with Gasteiger partial charge in [0.1, 0.15) is 11.5 Å². The molecule has 0 aliphatic carbocycles. The summed E-state index contributed by atoms with van der Waals surface area (Å²) in [6.07, 6.45) is 3.38. The number of benzene rings is 1. The Morgan fingerprint density at radius 1 is 1.25 bits per heavy atom. The third-order valence-electron chi connectivity index (χ3n) is 2.09. The van der Waals surface area contributed by atoms with Crippen LogP contribution in [0.25, 0.3) is 0 Å². The highest BCUT2D eigenvalue weighted by Crippen LogP contribution is 2.31. The smallest absolute Gasteiger partial charge is 0.144 e. The van der Waals surface area contributed by atoms with E-state index in [4.69, 9.17) is 16.3 Å². The van der Waals surface area contributed by atoms with Crippen molar-refractivity contribution in [3.05, 3.63) is 51.7 Å². The topological polar surface area (TPSA) is 22.1 Å². The zero-order valence-corrected chi connectivity index (χ0v) is 10.9. The van der Waals surface area contributed by atoms with Crippen molar-refractivity contribution in [3.63, 3.8) is 0 Å². The summed E-state index contributed by atoms with van der Waals surface area (Å²) >= 11 is 9.26. The Hall–Kier alpha value is -1.06. The zero-order valence-electron chi connectivity index (χ0n) is 8.58. The molecule has 0 aliphatic heterocycles. The second kappa shape index (κ2) is 4.85.